The van der Waals surface area contributed by atoms with E-state index in [1.54, 1.807) is 0 Å². The largest absolute Gasteiger partial charge is 0.484 e. The number of aryl methyl sites for hydroxylation is 2. The molecular weight excluding hydrogens is 318 g/mol. The first-order valence-corrected chi connectivity index (χ1v) is 8.17. The fourth-order valence-electron chi connectivity index (χ4n) is 2.18. The minimum absolute atomic E-state index is 0.00223. The number of nitrogens with one attached hydrogen (secondary N) is 2. The number of ether oxygens (including phenoxy) is 1. The summed E-state index contributed by atoms with van der Waals surface area (Å²) >= 11 is 0. The topological polar surface area (TPSA) is 79.4 Å². The van der Waals surface area contributed by atoms with Gasteiger partial charge in [-0.05, 0) is 25.5 Å². The van der Waals surface area contributed by atoms with Gasteiger partial charge in [-0.1, -0.05) is 18.2 Å². The van der Waals surface area contributed by atoms with Gasteiger partial charge >= 0.3 is 0 Å². The van der Waals surface area contributed by atoms with Crippen molar-refractivity contribution in [3.8, 4) is 5.75 Å². The SMILES string of the molecule is Cc1nc(NCCNC(=O)COc2ccccc2C)cc(N(C)C)n1. The van der Waals surface area contributed by atoms with Crippen LogP contribution in [-0.2, 0) is 4.79 Å². The lowest BCUT2D eigenvalue weighted by Gasteiger charge is -2.14. The Morgan fingerprint density at radius 3 is 2.64 bits per heavy atom. The molecule has 2 N–H and O–H groups in total. The first-order valence-electron chi connectivity index (χ1n) is 8.17. The molecule has 1 heterocycles. The molecule has 25 heavy (non-hydrogen) atoms. The van der Waals surface area contributed by atoms with Crippen molar-refractivity contribution >= 4 is 17.5 Å². The molecule has 134 valence electrons. The Bertz CT molecular complexity index is 718. The number of anilines is 2. The Morgan fingerprint density at radius 2 is 1.92 bits per heavy atom. The highest BCUT2D eigenvalue weighted by atomic mass is 16.5. The normalized spacial score (nSPS) is 10.2. The number of rotatable bonds is 8. The van der Waals surface area contributed by atoms with E-state index in [-0.39, 0.29) is 12.5 Å². The number of hydrogen-bond donors (Lipinski definition) is 2. The molecule has 0 unspecified atom stereocenters. The second kappa shape index (κ2) is 8.86. The molecule has 1 aromatic heterocycles. The quantitative estimate of drug-likeness (QED) is 0.711. The second-order valence-corrected chi connectivity index (χ2v) is 5.88. The van der Waals surface area contributed by atoms with Gasteiger partial charge in [-0.3, -0.25) is 4.79 Å². The van der Waals surface area contributed by atoms with E-state index in [4.69, 9.17) is 4.74 Å². The van der Waals surface area contributed by atoms with Crippen LogP contribution in [0.3, 0.4) is 0 Å². The summed E-state index contributed by atoms with van der Waals surface area (Å²) in [6.45, 7) is 4.85. The van der Waals surface area contributed by atoms with Crippen molar-refractivity contribution in [3.05, 3.63) is 41.7 Å². The highest BCUT2D eigenvalue weighted by Crippen LogP contribution is 2.15. The smallest absolute Gasteiger partial charge is 0.258 e. The maximum Gasteiger partial charge on any atom is 0.258 e. The average molecular weight is 343 g/mol. The van der Waals surface area contributed by atoms with Crippen LogP contribution in [0.2, 0.25) is 0 Å². The van der Waals surface area contributed by atoms with Gasteiger partial charge in [0, 0.05) is 33.3 Å². The molecule has 0 aliphatic heterocycles. The lowest BCUT2D eigenvalue weighted by Crippen LogP contribution is -2.32. The third kappa shape index (κ3) is 5.95. The lowest BCUT2D eigenvalue weighted by atomic mass is 10.2. The number of nitrogens with zero attached hydrogens (tertiary/aromatic N) is 3. The van der Waals surface area contributed by atoms with E-state index >= 15 is 0 Å². The minimum atomic E-state index is -0.155. The molecule has 7 heteroatoms. The molecule has 1 aromatic carbocycles. The van der Waals surface area contributed by atoms with Crippen LogP contribution in [0.5, 0.6) is 5.75 Å². The summed E-state index contributed by atoms with van der Waals surface area (Å²) in [5, 5.41) is 6.00. The molecule has 7 nitrogen and oxygen atoms in total. The Hall–Kier alpha value is -2.83. The lowest BCUT2D eigenvalue weighted by molar-refractivity contribution is -0.123. The Kier molecular flexibility index (Phi) is 6.56. The summed E-state index contributed by atoms with van der Waals surface area (Å²) in [5.74, 6) is 2.85. The monoisotopic (exact) mass is 343 g/mol. The predicted molar refractivity (Wildman–Crippen MR) is 99.3 cm³/mol. The summed E-state index contributed by atoms with van der Waals surface area (Å²) in [6, 6.07) is 9.49. The van der Waals surface area contributed by atoms with E-state index in [9.17, 15) is 4.79 Å². The molecule has 0 fully saturated rings. The Balaban J connectivity index is 1.72. The summed E-state index contributed by atoms with van der Waals surface area (Å²) in [6.07, 6.45) is 0. The van der Waals surface area contributed by atoms with Crippen molar-refractivity contribution in [1.29, 1.82) is 0 Å². The number of hydrogen-bond acceptors (Lipinski definition) is 6. The van der Waals surface area contributed by atoms with Crippen LogP contribution in [0.1, 0.15) is 11.4 Å². The van der Waals surface area contributed by atoms with Crippen LogP contribution in [0, 0.1) is 13.8 Å². The van der Waals surface area contributed by atoms with Crippen molar-refractivity contribution < 1.29 is 9.53 Å². The van der Waals surface area contributed by atoms with Crippen LogP contribution in [0.25, 0.3) is 0 Å². The average Bonchev–Trinajstić information content (AvgIpc) is 2.57. The van der Waals surface area contributed by atoms with Gasteiger partial charge in [-0.15, -0.1) is 0 Å². The van der Waals surface area contributed by atoms with Gasteiger partial charge in [-0.25, -0.2) is 9.97 Å². The fraction of sp³-hybridized carbons (Fsp3) is 0.389. The molecule has 0 saturated carbocycles. The van der Waals surface area contributed by atoms with Crippen LogP contribution < -0.4 is 20.3 Å². The van der Waals surface area contributed by atoms with E-state index < -0.39 is 0 Å². The molecule has 0 radical (unpaired) electrons. The summed E-state index contributed by atoms with van der Waals surface area (Å²) < 4.78 is 5.51. The van der Waals surface area contributed by atoms with E-state index in [1.165, 1.54) is 0 Å². The first kappa shape index (κ1) is 18.5. The molecule has 1 amide bonds. The molecule has 0 aliphatic carbocycles. The Labute approximate surface area is 148 Å². The van der Waals surface area contributed by atoms with E-state index in [0.717, 1.165) is 22.9 Å². The van der Waals surface area contributed by atoms with E-state index in [1.807, 2.05) is 63.2 Å². The number of amides is 1. The van der Waals surface area contributed by atoms with Crippen molar-refractivity contribution in [3.63, 3.8) is 0 Å². The van der Waals surface area contributed by atoms with E-state index in [2.05, 4.69) is 20.6 Å². The van der Waals surface area contributed by atoms with E-state index in [0.29, 0.717) is 18.9 Å². The summed E-state index contributed by atoms with van der Waals surface area (Å²) in [7, 11) is 3.86. The summed E-state index contributed by atoms with van der Waals surface area (Å²) in [4.78, 5) is 22.4. The third-order valence-electron chi connectivity index (χ3n) is 3.49. The molecule has 0 saturated heterocycles. The number of aromatic nitrogens is 2. The maximum atomic E-state index is 11.8. The predicted octanol–water partition coefficient (Wildman–Crippen LogP) is 1.77. The van der Waals surface area contributed by atoms with Gasteiger partial charge < -0.3 is 20.3 Å². The van der Waals surface area contributed by atoms with Crippen molar-refractivity contribution in [2.24, 2.45) is 0 Å². The molecule has 0 aliphatic rings. The molecule has 0 atom stereocenters. The zero-order valence-corrected chi connectivity index (χ0v) is 15.2. The van der Waals surface area contributed by atoms with Gasteiger partial charge in [-0.2, -0.15) is 0 Å². The third-order valence-corrected chi connectivity index (χ3v) is 3.49. The van der Waals surface area contributed by atoms with Crippen LogP contribution in [0.15, 0.2) is 30.3 Å². The summed E-state index contributed by atoms with van der Waals surface area (Å²) in [5.41, 5.74) is 1.01. The number of carbonyl (C=O) groups excluding carboxylic acids is 1. The van der Waals surface area contributed by atoms with Gasteiger partial charge in [0.1, 0.15) is 23.2 Å². The second-order valence-electron chi connectivity index (χ2n) is 5.88. The standard InChI is InChI=1S/C18H25N5O2/c1-13-7-5-6-8-15(13)25-12-18(24)20-10-9-19-16-11-17(23(3)4)22-14(2)21-16/h5-8,11H,9-10,12H2,1-4H3,(H,20,24)(H,19,21,22). The molecule has 2 aromatic rings. The Morgan fingerprint density at radius 1 is 1.16 bits per heavy atom. The highest BCUT2D eigenvalue weighted by molar-refractivity contribution is 5.77. The highest BCUT2D eigenvalue weighted by Gasteiger charge is 2.05. The minimum Gasteiger partial charge on any atom is -0.484 e. The zero-order chi connectivity index (χ0) is 18.2. The molecule has 0 spiro atoms. The van der Waals surface area contributed by atoms with Crippen molar-refractivity contribution in [2.45, 2.75) is 13.8 Å². The van der Waals surface area contributed by atoms with Crippen LogP contribution >= 0.6 is 0 Å². The first-order chi connectivity index (χ1) is 12.0. The van der Waals surface area contributed by atoms with Crippen LogP contribution in [-0.4, -0.2) is 49.7 Å². The van der Waals surface area contributed by atoms with Crippen LogP contribution in [0.4, 0.5) is 11.6 Å². The molecule has 2 rings (SSSR count). The molecular formula is C18H25N5O2. The van der Waals surface area contributed by atoms with Gasteiger partial charge in [0.2, 0.25) is 0 Å². The number of carbonyl (C=O) groups is 1. The van der Waals surface area contributed by atoms with Gasteiger partial charge in [0.05, 0.1) is 0 Å². The molecule has 0 bridgehead atoms. The zero-order valence-electron chi connectivity index (χ0n) is 15.2. The van der Waals surface area contributed by atoms with Crippen molar-refractivity contribution in [2.75, 3.05) is 44.0 Å². The maximum absolute atomic E-state index is 11.8. The fourth-order valence-corrected chi connectivity index (χ4v) is 2.18. The van der Waals surface area contributed by atoms with Gasteiger partial charge in [0.25, 0.3) is 5.91 Å². The number of benzene rings is 1. The van der Waals surface area contributed by atoms with Gasteiger partial charge in [0.15, 0.2) is 6.61 Å². The number of para-hydroxylation sites is 1. The van der Waals surface area contributed by atoms with Crippen molar-refractivity contribution in [1.82, 2.24) is 15.3 Å².